The van der Waals surface area contributed by atoms with E-state index in [2.05, 4.69) is 21.2 Å². The average molecular weight is 363 g/mol. The van der Waals surface area contributed by atoms with E-state index in [9.17, 15) is 4.79 Å². The number of carbonyl (C=O) groups excluding carboxylic acids is 1. The molecule has 116 valence electrons. The summed E-state index contributed by atoms with van der Waals surface area (Å²) in [6, 6.07) is 8.18. The molecule has 0 unspecified atom stereocenters. The van der Waals surface area contributed by atoms with Gasteiger partial charge in [0, 0.05) is 24.6 Å². The third-order valence-corrected chi connectivity index (χ3v) is 5.60. The summed E-state index contributed by atoms with van der Waals surface area (Å²) in [5.74, 6) is 0.621. The van der Waals surface area contributed by atoms with Crippen LogP contribution in [-0.4, -0.2) is 29.2 Å². The highest BCUT2D eigenvalue weighted by molar-refractivity contribution is 9.10. The van der Waals surface area contributed by atoms with Gasteiger partial charge in [0.1, 0.15) is 5.69 Å². The fourth-order valence-electron chi connectivity index (χ4n) is 3.49. The molecule has 2 aliphatic rings. The second-order valence-electron chi connectivity index (χ2n) is 6.28. The number of nitrogens with one attached hydrogen (secondary N) is 1. The van der Waals surface area contributed by atoms with Crippen LogP contribution in [0.4, 0.5) is 0 Å². The van der Waals surface area contributed by atoms with Crippen LogP contribution in [0.1, 0.15) is 29.8 Å². The van der Waals surface area contributed by atoms with Gasteiger partial charge in [-0.2, -0.15) is 0 Å². The first-order valence-corrected chi connectivity index (χ1v) is 8.61. The number of aryl methyl sites for hydroxylation is 1. The first-order chi connectivity index (χ1) is 10.7. The number of rotatable bonds is 3. The molecule has 0 radical (unpaired) electrons. The molecule has 1 saturated heterocycles. The largest absolute Gasteiger partial charge is 0.376 e. The zero-order chi connectivity index (χ0) is 15.3. The van der Waals surface area contributed by atoms with Crippen LogP contribution >= 0.6 is 15.9 Å². The molecule has 1 aliphatic heterocycles. The topological polar surface area (TPSA) is 43.3 Å². The molecule has 5 heteroatoms. The van der Waals surface area contributed by atoms with Gasteiger partial charge in [-0.05, 0) is 47.2 Å². The van der Waals surface area contributed by atoms with Crippen LogP contribution in [0.2, 0.25) is 0 Å². The predicted octanol–water partition coefficient (Wildman–Crippen LogP) is 3.24. The van der Waals surface area contributed by atoms with Gasteiger partial charge < -0.3 is 14.6 Å². The third kappa shape index (κ3) is 2.27. The number of aromatic nitrogens is 1. The fraction of sp³-hybridized carbons (Fsp3) is 0.471. The summed E-state index contributed by atoms with van der Waals surface area (Å²) in [4.78, 5) is 12.8. The number of hydrogen-bond acceptors (Lipinski definition) is 2. The standard InChI is InChI=1S/C17H19BrN2O2/c1-20-13-5-3-2-4-11(13)14(18)15(20)17(21)19-12-8-9-22-16(12)10-6-7-10/h2-5,10,12,16H,6-9H2,1H3,(H,19,21)/t12-,16-/m0/s1. The molecule has 1 aromatic carbocycles. The minimum Gasteiger partial charge on any atom is -0.376 e. The van der Waals surface area contributed by atoms with Crippen LogP contribution in [-0.2, 0) is 11.8 Å². The molecule has 1 aromatic heterocycles. The lowest BCUT2D eigenvalue weighted by atomic mass is 10.1. The van der Waals surface area contributed by atoms with Crippen molar-refractivity contribution >= 4 is 32.7 Å². The Hall–Kier alpha value is -1.33. The maximum absolute atomic E-state index is 12.8. The fourth-order valence-corrected chi connectivity index (χ4v) is 4.27. The summed E-state index contributed by atoms with van der Waals surface area (Å²) in [5.41, 5.74) is 1.74. The van der Waals surface area contributed by atoms with E-state index in [1.807, 2.05) is 35.9 Å². The van der Waals surface area contributed by atoms with Gasteiger partial charge >= 0.3 is 0 Å². The van der Waals surface area contributed by atoms with Crippen LogP contribution in [0, 0.1) is 5.92 Å². The molecule has 2 fully saturated rings. The van der Waals surface area contributed by atoms with Gasteiger partial charge in [-0.15, -0.1) is 0 Å². The van der Waals surface area contributed by atoms with Crippen molar-refractivity contribution < 1.29 is 9.53 Å². The zero-order valence-electron chi connectivity index (χ0n) is 12.5. The highest BCUT2D eigenvalue weighted by atomic mass is 79.9. The van der Waals surface area contributed by atoms with Crippen LogP contribution < -0.4 is 5.32 Å². The molecule has 2 aromatic rings. The van der Waals surface area contributed by atoms with Crippen molar-refractivity contribution in [2.24, 2.45) is 13.0 Å². The Morgan fingerprint density at radius 2 is 2.09 bits per heavy atom. The van der Waals surface area contributed by atoms with Gasteiger partial charge in [0.25, 0.3) is 5.91 Å². The Morgan fingerprint density at radius 1 is 1.32 bits per heavy atom. The monoisotopic (exact) mass is 362 g/mol. The minimum atomic E-state index is -0.0216. The zero-order valence-corrected chi connectivity index (χ0v) is 14.1. The highest BCUT2D eigenvalue weighted by Gasteiger charge is 2.41. The number of para-hydroxylation sites is 1. The van der Waals surface area contributed by atoms with Crippen molar-refractivity contribution in [2.75, 3.05) is 6.61 Å². The van der Waals surface area contributed by atoms with Crippen LogP contribution in [0.3, 0.4) is 0 Å². The van der Waals surface area contributed by atoms with Gasteiger partial charge in [-0.3, -0.25) is 4.79 Å². The van der Waals surface area contributed by atoms with Crippen LogP contribution in [0.5, 0.6) is 0 Å². The third-order valence-electron chi connectivity index (χ3n) is 4.80. The van der Waals surface area contributed by atoms with Gasteiger partial charge in [-0.25, -0.2) is 0 Å². The lowest BCUT2D eigenvalue weighted by molar-refractivity contribution is 0.0725. The Bertz CT molecular complexity index is 697. The normalized spacial score (nSPS) is 24.8. The lowest BCUT2D eigenvalue weighted by Crippen LogP contribution is -2.42. The summed E-state index contributed by atoms with van der Waals surface area (Å²) in [6.07, 6.45) is 3.58. The number of carbonyl (C=O) groups is 1. The maximum Gasteiger partial charge on any atom is 0.269 e. The predicted molar refractivity (Wildman–Crippen MR) is 89.0 cm³/mol. The maximum atomic E-state index is 12.8. The molecule has 2 atom stereocenters. The molecule has 4 rings (SSSR count). The molecule has 1 amide bonds. The minimum absolute atomic E-state index is 0.0216. The van der Waals surface area contributed by atoms with E-state index >= 15 is 0 Å². The first kappa shape index (κ1) is 14.3. The van der Waals surface area contributed by atoms with E-state index < -0.39 is 0 Å². The Balaban J connectivity index is 1.62. The molecule has 0 spiro atoms. The summed E-state index contributed by atoms with van der Waals surface area (Å²) >= 11 is 3.60. The van der Waals surface area contributed by atoms with E-state index in [1.54, 1.807) is 0 Å². The van der Waals surface area contributed by atoms with E-state index in [4.69, 9.17) is 4.74 Å². The van der Waals surface area contributed by atoms with E-state index in [-0.39, 0.29) is 18.1 Å². The van der Waals surface area contributed by atoms with Gasteiger partial charge in [0.15, 0.2) is 0 Å². The van der Waals surface area contributed by atoms with Crippen molar-refractivity contribution in [3.05, 3.63) is 34.4 Å². The van der Waals surface area contributed by atoms with Gasteiger partial charge in [0.05, 0.1) is 16.6 Å². The molecule has 1 saturated carbocycles. The molecule has 4 nitrogen and oxygen atoms in total. The highest BCUT2D eigenvalue weighted by Crippen LogP contribution is 2.39. The van der Waals surface area contributed by atoms with Crippen molar-refractivity contribution in [1.82, 2.24) is 9.88 Å². The summed E-state index contributed by atoms with van der Waals surface area (Å²) in [7, 11) is 1.94. The molecular weight excluding hydrogens is 344 g/mol. The van der Waals surface area contributed by atoms with E-state index in [1.165, 1.54) is 12.8 Å². The molecule has 0 bridgehead atoms. The second-order valence-corrected chi connectivity index (χ2v) is 7.07. The molecule has 22 heavy (non-hydrogen) atoms. The smallest absolute Gasteiger partial charge is 0.269 e. The quantitative estimate of drug-likeness (QED) is 0.910. The van der Waals surface area contributed by atoms with Crippen LogP contribution in [0.15, 0.2) is 28.7 Å². The number of benzene rings is 1. The summed E-state index contributed by atoms with van der Waals surface area (Å²) in [6.45, 7) is 0.752. The SMILES string of the molecule is Cn1c(C(=O)N[C@H]2CCO[C@H]2C2CC2)c(Br)c2ccccc21. The lowest BCUT2D eigenvalue weighted by Gasteiger charge is -2.19. The number of halogens is 1. The van der Waals surface area contributed by atoms with Crippen LogP contribution in [0.25, 0.3) is 10.9 Å². The molecular formula is C17H19BrN2O2. The summed E-state index contributed by atoms with van der Waals surface area (Å²) < 4.78 is 8.63. The van der Waals surface area contributed by atoms with Crippen molar-refractivity contribution in [2.45, 2.75) is 31.4 Å². The van der Waals surface area contributed by atoms with E-state index in [0.29, 0.717) is 11.6 Å². The Kier molecular flexibility index (Phi) is 3.50. The summed E-state index contributed by atoms with van der Waals surface area (Å²) in [5, 5.41) is 4.26. The first-order valence-electron chi connectivity index (χ1n) is 7.82. The van der Waals surface area contributed by atoms with E-state index in [0.717, 1.165) is 28.4 Å². The number of amides is 1. The average Bonchev–Trinajstić information content (AvgIpc) is 3.21. The number of ether oxygens (including phenoxy) is 1. The number of hydrogen-bond donors (Lipinski definition) is 1. The Morgan fingerprint density at radius 3 is 2.82 bits per heavy atom. The van der Waals surface area contributed by atoms with Crippen molar-refractivity contribution in [3.63, 3.8) is 0 Å². The van der Waals surface area contributed by atoms with Crippen molar-refractivity contribution in [3.8, 4) is 0 Å². The second kappa shape index (κ2) is 5.39. The van der Waals surface area contributed by atoms with Gasteiger partial charge in [0.2, 0.25) is 0 Å². The number of fused-ring (bicyclic) bond motifs is 1. The molecule has 2 heterocycles. The van der Waals surface area contributed by atoms with Crippen molar-refractivity contribution in [1.29, 1.82) is 0 Å². The Labute approximate surface area is 137 Å². The number of nitrogens with zero attached hydrogens (tertiary/aromatic N) is 1. The molecule has 1 aliphatic carbocycles. The van der Waals surface area contributed by atoms with Gasteiger partial charge in [-0.1, -0.05) is 18.2 Å². The molecule has 1 N–H and O–H groups in total.